The number of nitrogens with one attached hydrogen (secondary N) is 1. The second-order valence-corrected chi connectivity index (χ2v) is 18.5. The van der Waals surface area contributed by atoms with Gasteiger partial charge in [-0.2, -0.15) is 0 Å². The number of aliphatic carboxylic acids is 4. The number of amides is 4. The van der Waals surface area contributed by atoms with Gasteiger partial charge in [-0.1, -0.05) is 128 Å². The van der Waals surface area contributed by atoms with Gasteiger partial charge in [-0.05, 0) is 92.5 Å². The first-order valence-corrected chi connectivity index (χ1v) is 25.0. The van der Waals surface area contributed by atoms with E-state index in [9.17, 15) is 38.4 Å². The highest BCUT2D eigenvalue weighted by Crippen LogP contribution is 2.34. The minimum absolute atomic E-state index is 0. The van der Waals surface area contributed by atoms with Crippen molar-refractivity contribution >= 4 is 47.9 Å². The number of ether oxygens (including phenoxy) is 2. The number of rotatable bonds is 27. The summed E-state index contributed by atoms with van der Waals surface area (Å²) in [7, 11) is 3.73. The van der Waals surface area contributed by atoms with E-state index in [1.54, 1.807) is 7.05 Å². The fourth-order valence-corrected chi connectivity index (χ4v) is 7.59. The van der Waals surface area contributed by atoms with Gasteiger partial charge in [0.2, 0.25) is 5.91 Å². The van der Waals surface area contributed by atoms with Crippen molar-refractivity contribution in [3.63, 3.8) is 0 Å². The highest BCUT2D eigenvalue weighted by Gasteiger charge is 2.51. The van der Waals surface area contributed by atoms with Gasteiger partial charge in [-0.15, -0.1) is 0 Å². The molecule has 2 rings (SSSR count). The molecule has 0 aromatic rings. The monoisotopic (exact) mass is 1020 g/mol. The number of cyclic esters (lactones) is 2. The van der Waals surface area contributed by atoms with Crippen LogP contribution in [0.2, 0.25) is 0 Å². The number of hydrogen-bond acceptors (Lipinski definition) is 11. The molecule has 0 aromatic heterocycles. The van der Waals surface area contributed by atoms with Crippen molar-refractivity contribution in [1.29, 1.82) is 0 Å². The highest BCUT2D eigenvalue weighted by molar-refractivity contribution is 6.03. The smallest absolute Gasteiger partial charge is 0.417 e. The quantitative estimate of drug-likeness (QED) is 0.0330. The number of carbonyl (C=O) groups excluding carboxylic acids is 4. The van der Waals surface area contributed by atoms with Crippen LogP contribution in [0.3, 0.4) is 0 Å². The van der Waals surface area contributed by atoms with Crippen LogP contribution in [0.4, 0.5) is 9.59 Å². The van der Waals surface area contributed by atoms with Crippen molar-refractivity contribution in [2.24, 2.45) is 17.8 Å². The lowest BCUT2D eigenvalue weighted by Crippen LogP contribution is -2.82. The normalized spacial score (nSPS) is 16.6. The van der Waals surface area contributed by atoms with Gasteiger partial charge in [-0.25, -0.2) is 24.2 Å². The van der Waals surface area contributed by atoms with Crippen LogP contribution in [0.5, 0.6) is 0 Å². The molecule has 4 atom stereocenters. The second-order valence-electron chi connectivity index (χ2n) is 18.5. The van der Waals surface area contributed by atoms with E-state index in [-0.39, 0.29) is 57.0 Å². The average Bonchev–Trinajstić information content (AvgIpc) is 3.67. The van der Waals surface area contributed by atoms with Crippen molar-refractivity contribution in [3.8, 4) is 0 Å². The Hall–Kier alpha value is -4.84. The molecule has 0 spiro atoms. The summed E-state index contributed by atoms with van der Waals surface area (Å²) < 4.78 is 10.6. The van der Waals surface area contributed by atoms with Crippen molar-refractivity contribution in [2.75, 3.05) is 27.2 Å². The van der Waals surface area contributed by atoms with E-state index < -0.39 is 53.2 Å². The summed E-state index contributed by atoms with van der Waals surface area (Å²) in [5.41, 5.74) is -0.402. The molecule has 416 valence electrons. The van der Waals surface area contributed by atoms with E-state index in [1.165, 1.54) is 9.80 Å². The van der Waals surface area contributed by atoms with Crippen molar-refractivity contribution < 1.29 is 73.6 Å². The first-order valence-electron chi connectivity index (χ1n) is 25.0. The lowest BCUT2D eigenvalue weighted by Gasteiger charge is -2.28. The Morgan fingerprint density at radius 2 is 1.00 bits per heavy atom. The third kappa shape index (κ3) is 28.7. The molecule has 0 aliphatic carbocycles. The van der Waals surface area contributed by atoms with Crippen LogP contribution >= 0.6 is 0 Å². The molecular formula is C53H101N4O14+. The van der Waals surface area contributed by atoms with Crippen molar-refractivity contribution in [3.05, 3.63) is 24.3 Å². The maximum absolute atomic E-state index is 12.7. The zero-order valence-corrected chi connectivity index (χ0v) is 44.6. The molecule has 71 heavy (non-hydrogen) atoms. The van der Waals surface area contributed by atoms with E-state index >= 15 is 0 Å². The van der Waals surface area contributed by atoms with Gasteiger partial charge in [0.05, 0.1) is 37.5 Å². The largest absolute Gasteiger partial charge is 0.481 e. The molecule has 2 aliphatic heterocycles. The summed E-state index contributed by atoms with van der Waals surface area (Å²) in [5.74, 6) is -5.94. The summed E-state index contributed by atoms with van der Waals surface area (Å²) >= 11 is 0. The molecule has 0 bridgehead atoms. The number of carboxylic acids is 4. The minimum Gasteiger partial charge on any atom is -0.481 e. The number of imide groups is 2. The predicted molar refractivity (Wildman–Crippen MR) is 280 cm³/mol. The Labute approximate surface area is 428 Å². The number of nitrogens with zero attached hydrogens (tertiary/aromatic N) is 2. The van der Waals surface area contributed by atoms with E-state index in [0.29, 0.717) is 43.4 Å². The lowest BCUT2D eigenvalue weighted by atomic mass is 9.94. The Morgan fingerprint density at radius 3 is 1.35 bits per heavy atom. The van der Waals surface area contributed by atoms with Crippen LogP contribution < -0.4 is 10.6 Å². The summed E-state index contributed by atoms with van der Waals surface area (Å²) in [5, 5.41) is 38.7. The third-order valence-corrected chi connectivity index (χ3v) is 11.7. The van der Waals surface area contributed by atoms with Crippen LogP contribution in [-0.4, -0.2) is 129 Å². The summed E-state index contributed by atoms with van der Waals surface area (Å²) in [6, 6.07) is -0.376. The van der Waals surface area contributed by atoms with Crippen molar-refractivity contribution in [2.45, 2.75) is 223 Å². The van der Waals surface area contributed by atoms with Crippen LogP contribution in [0.15, 0.2) is 24.3 Å². The Morgan fingerprint density at radius 1 is 0.620 bits per heavy atom. The molecule has 18 heteroatoms. The number of carbonyl (C=O) groups is 8. The molecule has 0 saturated carbocycles. The average molecular weight is 1020 g/mol. The molecule has 4 amide bonds. The fourth-order valence-electron chi connectivity index (χ4n) is 7.59. The maximum Gasteiger partial charge on any atom is 0.417 e. The third-order valence-electron chi connectivity index (χ3n) is 11.7. The van der Waals surface area contributed by atoms with Gasteiger partial charge >= 0.3 is 36.1 Å². The van der Waals surface area contributed by atoms with Crippen molar-refractivity contribution in [1.82, 2.24) is 15.1 Å². The second kappa shape index (κ2) is 40.7. The first kappa shape index (κ1) is 75.1. The Balaban J connectivity index is -0.000000263. The zero-order chi connectivity index (χ0) is 54.1. The number of quaternary nitrogens is 1. The van der Waals surface area contributed by atoms with E-state index in [0.717, 1.165) is 83.6 Å². The molecule has 2 saturated heterocycles. The Bertz CT molecular complexity index is 1600. The summed E-state index contributed by atoms with van der Waals surface area (Å²) in [4.78, 5) is 92.6. The zero-order valence-electron chi connectivity index (χ0n) is 44.6. The molecular weight excluding hydrogens is 917 g/mol. The standard InChI is InChI=1S/C15H28N2O3.C14H23NO3.C8H17NO2.C7H12O4.C7H12O2.2CH4/c1-6-8-9-11(10-16-5)13(18)17-12(7-2)15(3,4)20-14(17)19;1-6-8-9-10(3)12(16)15-11(7-2)14(4,5)18-13(15)17;1-3-4-5-7(6-9-2)8(10)11;1-2-3-4-5(6(8)9)7(10)11;1-3-4-5-6(2)7(8)9;;/h11-12,16H,6-10H2,1-5H3;11H,3,6-9H2,1-2,4-5H3;7,9H,3-6H2,1-2H3,(H,10,11);5H,2-4H2,1H3,(H,8,9)(H,10,11);2-5H2,1H3,(H,8,9);2*1H4/p+1/t11-,12+;11-;7-;;;;/m101..../s1. The number of hydrogen-bond donors (Lipinski definition) is 6. The molecule has 0 unspecified atom stereocenters. The Kier molecular flexibility index (Phi) is 43.1. The van der Waals surface area contributed by atoms with E-state index in [2.05, 4.69) is 39.2 Å². The van der Waals surface area contributed by atoms with Crippen LogP contribution in [-0.2, 0) is 38.2 Å². The summed E-state index contributed by atoms with van der Waals surface area (Å²) in [6.07, 6.45) is 12.9. The number of carboxylic acid groups (broad SMARTS) is 4. The molecule has 18 nitrogen and oxygen atoms in total. The molecule has 2 heterocycles. The maximum atomic E-state index is 12.7. The number of nitrogens with two attached hydrogens (primary N) is 1. The van der Waals surface area contributed by atoms with Gasteiger partial charge in [0.15, 0.2) is 5.92 Å². The van der Waals surface area contributed by atoms with Gasteiger partial charge in [-0.3, -0.25) is 24.0 Å². The molecule has 2 aliphatic rings. The van der Waals surface area contributed by atoms with Crippen LogP contribution in [0.25, 0.3) is 0 Å². The molecule has 2 fully saturated rings. The first-order chi connectivity index (χ1) is 32.2. The van der Waals surface area contributed by atoms with Crippen LogP contribution in [0.1, 0.15) is 200 Å². The fraction of sp³-hybridized carbons (Fsp3) is 0.774. The molecule has 0 radical (unpaired) electrons. The van der Waals surface area contributed by atoms with E-state index in [4.69, 9.17) is 29.9 Å². The topological polar surface area (TPSA) is 271 Å². The summed E-state index contributed by atoms with van der Waals surface area (Å²) in [6.45, 7) is 30.0. The SMILES string of the molecule is C.C.C=C(CCCC)C(=O)N1C(=O)OC(C)(C)[C@@H]1CC.C=C(CCCC)C(=O)O.CCCCC(C(=O)O)C(=O)O.CCCC[C@H](CNC)C(=O)O.CCCC[C@H](C[NH2+]C)C(=O)N1C(=O)OC(C)(C)[C@@H]1CC. The van der Waals surface area contributed by atoms with Gasteiger partial charge in [0.1, 0.15) is 11.2 Å². The molecule has 0 aromatic carbocycles. The number of unbranched alkanes of at least 4 members (excludes halogenated alkanes) is 5. The minimum atomic E-state index is -1.24. The van der Waals surface area contributed by atoms with Gasteiger partial charge in [0.25, 0.3) is 5.91 Å². The van der Waals surface area contributed by atoms with Gasteiger partial charge < -0.3 is 40.5 Å². The predicted octanol–water partition coefficient (Wildman–Crippen LogP) is 9.94. The van der Waals surface area contributed by atoms with Crippen LogP contribution in [0, 0.1) is 17.8 Å². The molecule has 7 N–H and O–H groups in total. The lowest BCUT2D eigenvalue weighted by molar-refractivity contribution is -0.631. The van der Waals surface area contributed by atoms with Gasteiger partial charge in [0, 0.05) is 17.7 Å². The van der Waals surface area contributed by atoms with E-state index in [1.807, 2.05) is 67.8 Å². The highest BCUT2D eigenvalue weighted by atomic mass is 16.6.